The first-order valence-electron chi connectivity index (χ1n) is 12.9. The molecule has 0 unspecified atom stereocenters. The van der Waals surface area contributed by atoms with Crippen LogP contribution in [-0.4, -0.2) is 73.6 Å². The van der Waals surface area contributed by atoms with Gasteiger partial charge in [0.15, 0.2) is 17.2 Å². The highest BCUT2D eigenvalue weighted by atomic mass is 32.1. The summed E-state index contributed by atoms with van der Waals surface area (Å²) in [5.41, 5.74) is 11.7. The zero-order valence-electron chi connectivity index (χ0n) is 22.4. The lowest BCUT2D eigenvalue weighted by Gasteiger charge is -2.34. The molecule has 2 atom stereocenters. The maximum Gasteiger partial charge on any atom is 0.270 e. The quantitative estimate of drug-likeness (QED) is 0.373. The summed E-state index contributed by atoms with van der Waals surface area (Å²) >= 11 is 0.769. The van der Waals surface area contributed by atoms with Crippen LogP contribution in [0.5, 0.6) is 17.2 Å². The second-order valence-corrected chi connectivity index (χ2v) is 10.4. The van der Waals surface area contributed by atoms with Crippen molar-refractivity contribution in [1.82, 2.24) is 14.6 Å². The SMILES string of the molecule is COc1cc([C@H](C(=O)NC2CCCC2)N(C[C@H]2CCCO2)C(=O)c2snc(C(N)=O)c2N)cc(OC)c1OC. The number of methoxy groups -OCH3 is 3. The van der Waals surface area contributed by atoms with Gasteiger partial charge in [-0.2, -0.15) is 4.37 Å². The lowest BCUT2D eigenvalue weighted by molar-refractivity contribution is -0.127. The van der Waals surface area contributed by atoms with E-state index in [0.29, 0.717) is 29.4 Å². The Hall–Kier alpha value is -3.58. The molecule has 0 spiro atoms. The average Bonchev–Trinajstić information content (AvgIpc) is 3.70. The molecule has 12 nitrogen and oxygen atoms in total. The molecule has 5 N–H and O–H groups in total. The van der Waals surface area contributed by atoms with Gasteiger partial charge in [0.25, 0.3) is 11.8 Å². The van der Waals surface area contributed by atoms with Crippen molar-refractivity contribution in [2.24, 2.45) is 5.73 Å². The first kappa shape index (κ1) is 28.4. The number of hydrogen-bond donors (Lipinski definition) is 3. The number of carbonyl (C=O) groups excluding carboxylic acids is 3. The second kappa shape index (κ2) is 12.5. The van der Waals surface area contributed by atoms with Crippen LogP contribution in [0.25, 0.3) is 0 Å². The van der Waals surface area contributed by atoms with Crippen molar-refractivity contribution in [3.05, 3.63) is 28.3 Å². The minimum atomic E-state index is -1.10. The van der Waals surface area contributed by atoms with E-state index in [4.69, 9.17) is 30.4 Å². The normalized spacial score (nSPS) is 18.0. The van der Waals surface area contributed by atoms with E-state index >= 15 is 0 Å². The Morgan fingerprint density at radius 2 is 1.77 bits per heavy atom. The number of nitrogen functional groups attached to an aromatic ring is 1. The minimum absolute atomic E-state index is 0.00309. The van der Waals surface area contributed by atoms with Gasteiger partial charge in [0.05, 0.1) is 33.1 Å². The number of amides is 3. The molecule has 212 valence electrons. The van der Waals surface area contributed by atoms with E-state index in [1.54, 1.807) is 12.1 Å². The van der Waals surface area contributed by atoms with Crippen molar-refractivity contribution >= 4 is 34.9 Å². The third-order valence-corrected chi connectivity index (χ3v) is 7.96. The Morgan fingerprint density at radius 1 is 1.10 bits per heavy atom. The fraction of sp³-hybridized carbons (Fsp3) is 0.538. The smallest absolute Gasteiger partial charge is 0.270 e. The zero-order valence-corrected chi connectivity index (χ0v) is 23.2. The highest BCUT2D eigenvalue weighted by Gasteiger charge is 2.38. The Balaban J connectivity index is 1.84. The summed E-state index contributed by atoms with van der Waals surface area (Å²) in [6.45, 7) is 0.672. The van der Waals surface area contributed by atoms with Crippen LogP contribution in [0.1, 0.15) is 70.3 Å². The molecule has 1 aliphatic carbocycles. The van der Waals surface area contributed by atoms with Gasteiger partial charge in [-0.1, -0.05) is 12.8 Å². The first-order chi connectivity index (χ1) is 18.8. The van der Waals surface area contributed by atoms with Gasteiger partial charge in [-0.15, -0.1) is 0 Å². The summed E-state index contributed by atoms with van der Waals surface area (Å²) in [5.74, 6) is -0.733. The van der Waals surface area contributed by atoms with E-state index in [2.05, 4.69) is 9.69 Å². The van der Waals surface area contributed by atoms with Gasteiger partial charge < -0.3 is 40.6 Å². The molecule has 1 aromatic carbocycles. The van der Waals surface area contributed by atoms with E-state index in [1.807, 2.05) is 0 Å². The fourth-order valence-corrected chi connectivity index (χ4v) is 5.92. The topological polar surface area (TPSA) is 168 Å². The Morgan fingerprint density at radius 3 is 2.28 bits per heavy atom. The molecule has 0 bridgehead atoms. The number of nitrogens with one attached hydrogen (secondary N) is 1. The molecule has 2 aromatic rings. The zero-order chi connectivity index (χ0) is 28.1. The number of anilines is 1. The standard InChI is InChI=1S/C26H35N5O7S/c1-35-17-11-14(12-18(36-2)22(17)37-3)21(25(33)29-15-7-4-5-8-15)31(13-16-9-6-10-38-16)26(34)23-19(27)20(24(28)32)30-39-23/h11-12,15-16,21H,4-10,13,27H2,1-3H3,(H2,28,32)(H,29,33)/t16-,21-/m1/s1. The lowest BCUT2D eigenvalue weighted by atomic mass is 10.0. The average molecular weight is 562 g/mol. The van der Waals surface area contributed by atoms with Crippen LogP contribution in [0, 0.1) is 0 Å². The van der Waals surface area contributed by atoms with Crippen LogP contribution >= 0.6 is 11.5 Å². The van der Waals surface area contributed by atoms with E-state index in [0.717, 1.165) is 50.1 Å². The molecule has 1 saturated heterocycles. The molecule has 3 amide bonds. The van der Waals surface area contributed by atoms with E-state index < -0.39 is 17.9 Å². The molecular formula is C26H35N5O7S. The fourth-order valence-electron chi connectivity index (χ4n) is 5.16. The van der Waals surface area contributed by atoms with Gasteiger partial charge in [-0.3, -0.25) is 14.4 Å². The Labute approximate surface area is 231 Å². The number of rotatable bonds is 11. The molecule has 4 rings (SSSR count). The predicted molar refractivity (Wildman–Crippen MR) is 144 cm³/mol. The maximum absolute atomic E-state index is 14.1. The molecule has 2 aliphatic rings. The van der Waals surface area contributed by atoms with Gasteiger partial charge in [0.2, 0.25) is 11.7 Å². The van der Waals surface area contributed by atoms with E-state index in [1.165, 1.54) is 26.2 Å². The molecule has 2 heterocycles. The van der Waals surface area contributed by atoms with Crippen molar-refractivity contribution in [2.75, 3.05) is 40.2 Å². The lowest BCUT2D eigenvalue weighted by Crippen LogP contribution is -2.48. The van der Waals surface area contributed by atoms with Crippen LogP contribution in [-0.2, 0) is 9.53 Å². The summed E-state index contributed by atoms with van der Waals surface area (Å²) in [6.07, 6.45) is 5.03. The molecular weight excluding hydrogens is 526 g/mol. The van der Waals surface area contributed by atoms with Gasteiger partial charge in [0, 0.05) is 19.2 Å². The molecule has 2 fully saturated rings. The van der Waals surface area contributed by atoms with Crippen molar-refractivity contribution in [3.63, 3.8) is 0 Å². The number of benzene rings is 1. The van der Waals surface area contributed by atoms with Crippen molar-refractivity contribution in [1.29, 1.82) is 0 Å². The van der Waals surface area contributed by atoms with Crippen molar-refractivity contribution in [2.45, 2.75) is 56.7 Å². The molecule has 1 aromatic heterocycles. The van der Waals surface area contributed by atoms with E-state index in [9.17, 15) is 14.4 Å². The van der Waals surface area contributed by atoms with Crippen molar-refractivity contribution in [3.8, 4) is 17.2 Å². The number of nitrogens with two attached hydrogens (primary N) is 2. The van der Waals surface area contributed by atoms with Crippen LogP contribution < -0.4 is 31.0 Å². The molecule has 1 aliphatic heterocycles. The summed E-state index contributed by atoms with van der Waals surface area (Å²) in [6, 6.07) is 2.20. The number of hydrogen-bond acceptors (Lipinski definition) is 10. The van der Waals surface area contributed by atoms with Crippen LogP contribution in [0.15, 0.2) is 12.1 Å². The van der Waals surface area contributed by atoms with Gasteiger partial charge in [-0.25, -0.2) is 0 Å². The van der Waals surface area contributed by atoms with E-state index in [-0.39, 0.29) is 40.9 Å². The largest absolute Gasteiger partial charge is 0.493 e. The monoisotopic (exact) mass is 561 g/mol. The minimum Gasteiger partial charge on any atom is -0.493 e. The number of aromatic nitrogens is 1. The van der Waals surface area contributed by atoms with Crippen LogP contribution in [0.4, 0.5) is 5.69 Å². The summed E-state index contributed by atoms with van der Waals surface area (Å²) in [4.78, 5) is 41.4. The number of ether oxygens (including phenoxy) is 4. The maximum atomic E-state index is 14.1. The third-order valence-electron chi connectivity index (χ3n) is 7.11. The Kier molecular flexibility index (Phi) is 9.12. The molecule has 13 heteroatoms. The van der Waals surface area contributed by atoms with Crippen LogP contribution in [0.2, 0.25) is 0 Å². The second-order valence-electron chi connectivity index (χ2n) is 9.58. The van der Waals surface area contributed by atoms with Crippen LogP contribution in [0.3, 0.4) is 0 Å². The molecule has 39 heavy (non-hydrogen) atoms. The van der Waals surface area contributed by atoms with Crippen molar-refractivity contribution < 1.29 is 33.3 Å². The molecule has 1 saturated carbocycles. The number of nitrogens with zero attached hydrogens (tertiary/aromatic N) is 2. The number of carbonyl (C=O) groups is 3. The first-order valence-corrected chi connectivity index (χ1v) is 13.6. The summed E-state index contributed by atoms with van der Waals surface area (Å²) in [5, 5.41) is 3.13. The summed E-state index contributed by atoms with van der Waals surface area (Å²) in [7, 11) is 4.45. The third kappa shape index (κ3) is 6.04. The highest BCUT2D eigenvalue weighted by molar-refractivity contribution is 7.09. The van der Waals surface area contributed by atoms with Gasteiger partial charge in [0.1, 0.15) is 10.9 Å². The molecule has 0 radical (unpaired) electrons. The highest BCUT2D eigenvalue weighted by Crippen LogP contribution is 2.41. The van der Waals surface area contributed by atoms with Gasteiger partial charge in [-0.05, 0) is 54.9 Å². The van der Waals surface area contributed by atoms with Gasteiger partial charge >= 0.3 is 0 Å². The Bertz CT molecular complexity index is 1180. The predicted octanol–water partition coefficient (Wildman–Crippen LogP) is 2.27. The number of primary amides is 1. The summed E-state index contributed by atoms with van der Waals surface area (Å²) < 4.78 is 26.4.